The first kappa shape index (κ1) is 14.8. The van der Waals surface area contributed by atoms with Gasteiger partial charge >= 0.3 is 5.97 Å². The van der Waals surface area contributed by atoms with Crippen LogP contribution in [0.3, 0.4) is 0 Å². The lowest BCUT2D eigenvalue weighted by Crippen LogP contribution is -2.39. The molecule has 1 aliphatic carbocycles. The van der Waals surface area contributed by atoms with Gasteiger partial charge in [0.25, 0.3) is 0 Å². The molecule has 0 spiro atoms. The first-order chi connectivity index (χ1) is 9.25. The zero-order valence-corrected chi connectivity index (χ0v) is 12.0. The van der Waals surface area contributed by atoms with Crippen molar-refractivity contribution in [1.29, 1.82) is 0 Å². The monoisotopic (exact) mass is 268 g/mol. The van der Waals surface area contributed by atoms with Crippen LogP contribution in [-0.4, -0.2) is 59.6 Å². The molecule has 2 rings (SSSR count). The Labute approximate surface area is 116 Å². The summed E-state index contributed by atoms with van der Waals surface area (Å²) >= 11 is 0. The number of rotatable bonds is 3. The highest BCUT2D eigenvalue weighted by atomic mass is 16.4. The Morgan fingerprint density at radius 1 is 0.895 bits per heavy atom. The average molecular weight is 268 g/mol. The fourth-order valence-corrected chi connectivity index (χ4v) is 3.51. The van der Waals surface area contributed by atoms with Crippen molar-refractivity contribution in [1.82, 2.24) is 9.80 Å². The average Bonchev–Trinajstić information content (AvgIpc) is 2.54. The summed E-state index contributed by atoms with van der Waals surface area (Å²) in [6.45, 7) is 4.27. The van der Waals surface area contributed by atoms with Crippen LogP contribution >= 0.6 is 0 Å². The second-order valence-corrected chi connectivity index (χ2v) is 6.06. The fraction of sp³-hybridized carbons (Fsp3) is 0.933. The molecule has 110 valence electrons. The van der Waals surface area contributed by atoms with Crippen LogP contribution in [0.2, 0.25) is 0 Å². The van der Waals surface area contributed by atoms with E-state index in [1.54, 1.807) is 0 Å². The van der Waals surface area contributed by atoms with Crippen molar-refractivity contribution >= 4 is 5.97 Å². The summed E-state index contributed by atoms with van der Waals surface area (Å²) in [5.74, 6) is -0.695. The number of aliphatic carboxylic acids is 1. The van der Waals surface area contributed by atoms with Gasteiger partial charge in [0.1, 0.15) is 0 Å². The molecule has 0 aromatic carbocycles. The van der Waals surface area contributed by atoms with Crippen molar-refractivity contribution in [2.24, 2.45) is 0 Å². The van der Waals surface area contributed by atoms with E-state index in [2.05, 4.69) is 9.80 Å². The number of nitrogens with zero attached hydrogens (tertiary/aromatic N) is 2. The van der Waals surface area contributed by atoms with Crippen LogP contribution in [0.5, 0.6) is 0 Å². The second kappa shape index (κ2) is 7.85. The lowest BCUT2D eigenvalue weighted by molar-refractivity contribution is -0.138. The van der Waals surface area contributed by atoms with Crippen LogP contribution in [0.4, 0.5) is 0 Å². The van der Waals surface area contributed by atoms with E-state index in [0.717, 1.165) is 38.6 Å². The van der Waals surface area contributed by atoms with Crippen LogP contribution in [0.1, 0.15) is 51.4 Å². The van der Waals surface area contributed by atoms with Gasteiger partial charge in [-0.3, -0.25) is 14.6 Å². The standard InChI is InChI=1S/C15H28N2O2/c18-15(19)13-16-9-6-10-17(12-11-16)14-7-4-2-1-3-5-8-14/h14H,1-13H2,(H,18,19). The smallest absolute Gasteiger partial charge is 0.317 e. The van der Waals surface area contributed by atoms with Gasteiger partial charge in [0.2, 0.25) is 0 Å². The number of hydrogen-bond acceptors (Lipinski definition) is 3. The third-order valence-corrected chi connectivity index (χ3v) is 4.57. The maximum absolute atomic E-state index is 10.8. The Balaban J connectivity index is 1.81. The van der Waals surface area contributed by atoms with Gasteiger partial charge in [0, 0.05) is 25.7 Å². The third kappa shape index (κ3) is 5.11. The summed E-state index contributed by atoms with van der Waals surface area (Å²) in [4.78, 5) is 15.5. The van der Waals surface area contributed by atoms with E-state index >= 15 is 0 Å². The SMILES string of the molecule is O=C(O)CN1CCCN(C2CCCCCCC2)CC1. The molecule has 4 nitrogen and oxygen atoms in total. The quantitative estimate of drug-likeness (QED) is 0.852. The van der Waals surface area contributed by atoms with Crippen molar-refractivity contribution in [3.63, 3.8) is 0 Å². The summed E-state index contributed by atoms with van der Waals surface area (Å²) in [5.41, 5.74) is 0. The van der Waals surface area contributed by atoms with Crippen LogP contribution in [-0.2, 0) is 4.79 Å². The zero-order valence-electron chi connectivity index (χ0n) is 12.0. The van der Waals surface area contributed by atoms with Gasteiger partial charge in [0.05, 0.1) is 6.54 Å². The Hall–Kier alpha value is -0.610. The van der Waals surface area contributed by atoms with Gasteiger partial charge < -0.3 is 5.11 Å². The van der Waals surface area contributed by atoms with Crippen molar-refractivity contribution < 1.29 is 9.90 Å². The zero-order chi connectivity index (χ0) is 13.5. The summed E-state index contributed by atoms with van der Waals surface area (Å²) in [7, 11) is 0. The van der Waals surface area contributed by atoms with Gasteiger partial charge in [-0.15, -0.1) is 0 Å². The third-order valence-electron chi connectivity index (χ3n) is 4.57. The summed E-state index contributed by atoms with van der Waals surface area (Å²) in [6, 6.07) is 0.755. The maximum atomic E-state index is 10.8. The molecule has 1 aliphatic heterocycles. The van der Waals surface area contributed by atoms with Crippen LogP contribution in [0.15, 0.2) is 0 Å². The predicted molar refractivity (Wildman–Crippen MR) is 76.4 cm³/mol. The van der Waals surface area contributed by atoms with E-state index in [9.17, 15) is 4.79 Å². The molecule has 19 heavy (non-hydrogen) atoms. The Morgan fingerprint density at radius 3 is 2.26 bits per heavy atom. The minimum atomic E-state index is -0.695. The highest BCUT2D eigenvalue weighted by Crippen LogP contribution is 2.22. The molecule has 0 bridgehead atoms. The number of carboxylic acids is 1. The molecule has 0 amide bonds. The molecule has 1 heterocycles. The summed E-state index contributed by atoms with van der Waals surface area (Å²) < 4.78 is 0. The first-order valence-corrected chi connectivity index (χ1v) is 7.94. The van der Waals surface area contributed by atoms with Gasteiger partial charge in [0.15, 0.2) is 0 Å². The van der Waals surface area contributed by atoms with E-state index in [1.807, 2.05) is 0 Å². The molecule has 0 aromatic rings. The van der Waals surface area contributed by atoms with Gasteiger partial charge in [-0.2, -0.15) is 0 Å². The Bertz CT molecular complexity index is 275. The highest BCUT2D eigenvalue weighted by Gasteiger charge is 2.23. The highest BCUT2D eigenvalue weighted by molar-refractivity contribution is 5.69. The minimum absolute atomic E-state index is 0.207. The molecule has 1 saturated carbocycles. The molecule has 2 fully saturated rings. The van der Waals surface area contributed by atoms with Crippen LogP contribution in [0.25, 0.3) is 0 Å². The minimum Gasteiger partial charge on any atom is -0.480 e. The molecule has 0 radical (unpaired) electrons. The molecule has 1 saturated heterocycles. The maximum Gasteiger partial charge on any atom is 0.317 e. The van der Waals surface area contributed by atoms with Crippen molar-refractivity contribution in [3.8, 4) is 0 Å². The molecule has 2 aliphatic rings. The van der Waals surface area contributed by atoms with Gasteiger partial charge in [-0.1, -0.05) is 32.1 Å². The Morgan fingerprint density at radius 2 is 1.58 bits per heavy atom. The van der Waals surface area contributed by atoms with E-state index in [-0.39, 0.29) is 6.54 Å². The second-order valence-electron chi connectivity index (χ2n) is 6.06. The Kier molecular flexibility index (Phi) is 6.11. The van der Waals surface area contributed by atoms with Crippen LogP contribution < -0.4 is 0 Å². The van der Waals surface area contributed by atoms with Crippen molar-refractivity contribution in [2.75, 3.05) is 32.7 Å². The lowest BCUT2D eigenvalue weighted by atomic mass is 9.95. The number of carboxylic acid groups (broad SMARTS) is 1. The topological polar surface area (TPSA) is 43.8 Å². The molecule has 4 heteroatoms. The molecule has 0 unspecified atom stereocenters. The largest absolute Gasteiger partial charge is 0.480 e. The fourth-order valence-electron chi connectivity index (χ4n) is 3.51. The molecule has 0 atom stereocenters. The normalized spacial score (nSPS) is 25.5. The van der Waals surface area contributed by atoms with Gasteiger partial charge in [-0.05, 0) is 25.8 Å². The predicted octanol–water partition coefficient (Wildman–Crippen LogP) is 2.19. The molecule has 0 aromatic heterocycles. The van der Waals surface area contributed by atoms with Gasteiger partial charge in [-0.25, -0.2) is 0 Å². The first-order valence-electron chi connectivity index (χ1n) is 7.94. The van der Waals surface area contributed by atoms with E-state index in [0.29, 0.717) is 0 Å². The molecular formula is C15H28N2O2. The number of carbonyl (C=O) groups is 1. The lowest BCUT2D eigenvalue weighted by Gasteiger charge is -2.32. The van der Waals surface area contributed by atoms with Crippen LogP contribution in [0, 0.1) is 0 Å². The summed E-state index contributed by atoms with van der Waals surface area (Å²) in [5, 5.41) is 8.89. The molecular weight excluding hydrogens is 240 g/mol. The van der Waals surface area contributed by atoms with E-state index in [4.69, 9.17) is 5.11 Å². The van der Waals surface area contributed by atoms with E-state index in [1.165, 1.54) is 44.9 Å². The van der Waals surface area contributed by atoms with Crippen molar-refractivity contribution in [2.45, 2.75) is 57.4 Å². The van der Waals surface area contributed by atoms with E-state index < -0.39 is 5.97 Å². The molecule has 1 N–H and O–H groups in total. The number of hydrogen-bond donors (Lipinski definition) is 1. The summed E-state index contributed by atoms with van der Waals surface area (Å²) in [6.07, 6.45) is 10.8. The van der Waals surface area contributed by atoms with Crippen molar-refractivity contribution in [3.05, 3.63) is 0 Å².